The molecule has 0 bridgehead atoms. The lowest BCUT2D eigenvalue weighted by Crippen LogP contribution is -2.38. The highest BCUT2D eigenvalue weighted by molar-refractivity contribution is 6.10. The van der Waals surface area contributed by atoms with Gasteiger partial charge in [0.25, 0.3) is 0 Å². The minimum Gasteiger partial charge on any atom is -0.504 e. The van der Waals surface area contributed by atoms with Crippen LogP contribution in [-0.4, -0.2) is 26.7 Å². The van der Waals surface area contributed by atoms with Gasteiger partial charge in [-0.05, 0) is 6.08 Å². The van der Waals surface area contributed by atoms with Gasteiger partial charge in [-0.25, -0.2) is 4.79 Å². The Labute approximate surface area is 107 Å². The van der Waals surface area contributed by atoms with E-state index in [1.165, 1.54) is 30.8 Å². The van der Waals surface area contributed by atoms with Crippen molar-refractivity contribution in [2.75, 3.05) is 0 Å². The summed E-state index contributed by atoms with van der Waals surface area (Å²) in [5, 5.41) is 19.2. The van der Waals surface area contributed by atoms with Crippen LogP contribution < -0.4 is 14.9 Å². The van der Waals surface area contributed by atoms with Gasteiger partial charge >= 0.3 is 17.4 Å². The standard InChI is InChI=1S/C12H10N2O5/c1-13-10(17)9-5-3-6(15)7(16)4-8(5)19-11(9)14(2)12(13)18/h3-4,8,16H,1-2H3/p+1. The summed E-state index contributed by atoms with van der Waals surface area (Å²) in [7, 11) is 2.96. The maximum atomic E-state index is 12.2. The molecule has 1 atom stereocenters. The molecule has 1 aliphatic carbocycles. The van der Waals surface area contributed by atoms with Crippen LogP contribution in [0.4, 0.5) is 0 Å². The van der Waals surface area contributed by atoms with E-state index in [0.717, 1.165) is 4.57 Å². The summed E-state index contributed by atoms with van der Waals surface area (Å²) in [6.07, 6.45) is 1.74. The average Bonchev–Trinajstić information content (AvgIpc) is 2.73. The molecule has 2 aliphatic rings. The number of aliphatic hydroxyl groups excluding tert-OH is 1. The van der Waals surface area contributed by atoms with Crippen molar-refractivity contribution >= 4 is 11.4 Å². The van der Waals surface area contributed by atoms with Crippen LogP contribution in [0.1, 0.15) is 5.56 Å². The van der Waals surface area contributed by atoms with Crippen LogP contribution in [0.2, 0.25) is 0 Å². The van der Waals surface area contributed by atoms with E-state index in [9.17, 15) is 19.8 Å². The Balaban J connectivity index is 2.33. The summed E-state index contributed by atoms with van der Waals surface area (Å²) in [5.41, 5.74) is 0.167. The topological polar surface area (TPSA) is 92.6 Å². The van der Waals surface area contributed by atoms with Crippen LogP contribution in [0.3, 0.4) is 0 Å². The zero-order valence-corrected chi connectivity index (χ0v) is 10.2. The Kier molecular flexibility index (Phi) is 2.10. The Morgan fingerprint density at radius 2 is 2.05 bits per heavy atom. The lowest BCUT2D eigenvalue weighted by atomic mass is 9.97. The van der Waals surface area contributed by atoms with Gasteiger partial charge in [-0.3, -0.25) is 4.79 Å². The smallest absolute Gasteiger partial charge is 0.459 e. The molecule has 19 heavy (non-hydrogen) atoms. The number of ether oxygens (including phenoxy) is 1. The van der Waals surface area contributed by atoms with E-state index in [4.69, 9.17) is 4.74 Å². The zero-order chi connectivity index (χ0) is 13.9. The van der Waals surface area contributed by atoms with Gasteiger partial charge in [-0.15, -0.1) is 0 Å². The lowest BCUT2D eigenvalue weighted by molar-refractivity contribution is -0.687. The van der Waals surface area contributed by atoms with Gasteiger partial charge in [-0.1, -0.05) is 0 Å². The molecular formula is C12H11N2O5+. The molecule has 0 radical (unpaired) electrons. The summed E-state index contributed by atoms with van der Waals surface area (Å²) in [6.45, 7) is 0. The van der Waals surface area contributed by atoms with Gasteiger partial charge in [0.1, 0.15) is 0 Å². The third-order valence-electron chi connectivity index (χ3n) is 3.32. The molecule has 1 aromatic rings. The minimum absolute atomic E-state index is 0.176. The molecule has 2 heterocycles. The van der Waals surface area contributed by atoms with E-state index < -0.39 is 23.2 Å². The van der Waals surface area contributed by atoms with Gasteiger partial charge in [0.05, 0.1) is 14.1 Å². The second-order valence-electron chi connectivity index (χ2n) is 4.46. The quantitative estimate of drug-likeness (QED) is 0.591. The number of carbonyl (C=O) groups is 1. The number of aromatic hydroxyl groups is 1. The molecule has 1 aliphatic heterocycles. The number of fused-ring (bicyclic) bond motifs is 3. The maximum absolute atomic E-state index is 12.2. The maximum Gasteiger partial charge on any atom is 0.459 e. The Bertz CT molecular complexity index is 741. The number of allylic oxidation sites excluding steroid dienone is 1. The second-order valence-corrected chi connectivity index (χ2v) is 4.46. The van der Waals surface area contributed by atoms with E-state index in [-0.39, 0.29) is 17.5 Å². The molecule has 0 spiro atoms. The summed E-state index contributed by atoms with van der Waals surface area (Å²) in [4.78, 5) is 23.6. The fourth-order valence-electron chi connectivity index (χ4n) is 2.26. The molecule has 1 unspecified atom stereocenters. The summed E-state index contributed by atoms with van der Waals surface area (Å²) in [6, 6.07) is -0.262. The SMILES string of the molecule is Cn1c(O)[n+](C)c2c(c1=O)C1=CC(=O)C(O)=CC1O2. The largest absolute Gasteiger partial charge is 0.504 e. The number of ketones is 1. The molecule has 3 rings (SSSR count). The molecule has 2 N–H and O–H groups in total. The van der Waals surface area contributed by atoms with Gasteiger partial charge < -0.3 is 14.9 Å². The van der Waals surface area contributed by atoms with Crippen molar-refractivity contribution in [1.82, 2.24) is 4.57 Å². The van der Waals surface area contributed by atoms with Crippen molar-refractivity contribution < 1.29 is 24.3 Å². The Morgan fingerprint density at radius 3 is 2.74 bits per heavy atom. The van der Waals surface area contributed by atoms with E-state index in [0.29, 0.717) is 5.57 Å². The molecule has 0 saturated heterocycles. The van der Waals surface area contributed by atoms with Crippen LogP contribution >= 0.6 is 0 Å². The first-order chi connectivity index (χ1) is 8.91. The highest BCUT2D eigenvalue weighted by Crippen LogP contribution is 2.36. The minimum atomic E-state index is -0.687. The molecule has 0 fully saturated rings. The average molecular weight is 263 g/mol. The van der Waals surface area contributed by atoms with Gasteiger partial charge in [-0.2, -0.15) is 9.13 Å². The van der Waals surface area contributed by atoms with Crippen LogP contribution in [0, 0.1) is 0 Å². The van der Waals surface area contributed by atoms with Crippen LogP contribution in [-0.2, 0) is 18.9 Å². The van der Waals surface area contributed by atoms with E-state index in [1.807, 2.05) is 0 Å². The number of aliphatic hydroxyl groups is 1. The van der Waals surface area contributed by atoms with Crippen LogP contribution in [0.25, 0.3) is 5.57 Å². The van der Waals surface area contributed by atoms with E-state index >= 15 is 0 Å². The monoisotopic (exact) mass is 263 g/mol. The first kappa shape index (κ1) is 11.5. The molecule has 0 aromatic carbocycles. The van der Waals surface area contributed by atoms with Crippen molar-refractivity contribution in [1.29, 1.82) is 0 Å². The molecular weight excluding hydrogens is 252 g/mol. The number of rotatable bonds is 0. The predicted molar refractivity (Wildman–Crippen MR) is 62.6 cm³/mol. The third kappa shape index (κ3) is 1.35. The molecule has 0 amide bonds. The third-order valence-corrected chi connectivity index (χ3v) is 3.32. The van der Waals surface area contributed by atoms with Crippen molar-refractivity contribution in [2.24, 2.45) is 14.1 Å². The molecule has 98 valence electrons. The summed E-state index contributed by atoms with van der Waals surface area (Å²) >= 11 is 0. The van der Waals surface area contributed by atoms with E-state index in [1.54, 1.807) is 0 Å². The van der Waals surface area contributed by atoms with Gasteiger partial charge in [0.2, 0.25) is 5.78 Å². The van der Waals surface area contributed by atoms with Gasteiger partial charge in [0, 0.05) is 11.6 Å². The molecule has 7 heteroatoms. The normalized spacial score (nSPS) is 20.3. The number of hydrogen-bond donors (Lipinski definition) is 2. The number of hydrogen-bond acceptors (Lipinski definition) is 5. The molecule has 7 nitrogen and oxygen atoms in total. The van der Waals surface area contributed by atoms with Crippen LogP contribution in [0.15, 0.2) is 22.7 Å². The predicted octanol–water partition coefficient (Wildman–Crippen LogP) is -0.916. The highest BCUT2D eigenvalue weighted by Gasteiger charge is 2.41. The van der Waals surface area contributed by atoms with E-state index in [2.05, 4.69) is 0 Å². The van der Waals surface area contributed by atoms with Crippen molar-refractivity contribution in [2.45, 2.75) is 6.10 Å². The summed E-state index contributed by atoms with van der Waals surface area (Å²) in [5.74, 6) is -0.804. The first-order valence-electron chi connectivity index (χ1n) is 5.57. The number of aromatic nitrogens is 2. The number of carbonyl (C=O) groups excluding carboxylic acids is 1. The Morgan fingerprint density at radius 1 is 1.37 bits per heavy atom. The van der Waals surface area contributed by atoms with Gasteiger partial charge in [0.15, 0.2) is 17.4 Å². The lowest BCUT2D eigenvalue weighted by Gasteiger charge is -2.10. The summed E-state index contributed by atoms with van der Waals surface area (Å²) < 4.78 is 7.88. The highest BCUT2D eigenvalue weighted by atomic mass is 16.5. The van der Waals surface area contributed by atoms with Crippen molar-refractivity contribution in [3.05, 3.63) is 33.8 Å². The number of nitrogens with zero attached hydrogens (tertiary/aromatic N) is 2. The van der Waals surface area contributed by atoms with Crippen molar-refractivity contribution in [3.8, 4) is 11.9 Å². The molecule has 0 saturated carbocycles. The van der Waals surface area contributed by atoms with Crippen molar-refractivity contribution in [3.63, 3.8) is 0 Å². The molecule has 1 aromatic heterocycles. The zero-order valence-electron chi connectivity index (χ0n) is 10.2. The fraction of sp³-hybridized carbons (Fsp3) is 0.250. The first-order valence-corrected chi connectivity index (χ1v) is 5.57. The van der Waals surface area contributed by atoms with Crippen LogP contribution in [0.5, 0.6) is 11.9 Å². The Hall–Kier alpha value is -2.57. The fourth-order valence-corrected chi connectivity index (χ4v) is 2.26. The second kappa shape index (κ2) is 3.47.